The first-order chi connectivity index (χ1) is 12.2. The second-order valence-electron chi connectivity index (χ2n) is 6.12. The van der Waals surface area contributed by atoms with Crippen molar-refractivity contribution in [2.45, 2.75) is 19.4 Å². The number of carbonyl (C=O) groups excluding carboxylic acids is 1. The van der Waals surface area contributed by atoms with Crippen molar-refractivity contribution >= 4 is 17.4 Å². The Labute approximate surface area is 148 Å². The third-order valence-electron chi connectivity index (χ3n) is 4.40. The SMILES string of the molecule is CCN(C)c1ccccc1NC(=O)N1CC[C@H](Oc2cccnc2)C1. The molecule has 3 rings (SSSR count). The van der Waals surface area contributed by atoms with Crippen molar-refractivity contribution in [1.29, 1.82) is 0 Å². The molecule has 6 heteroatoms. The highest BCUT2D eigenvalue weighted by atomic mass is 16.5. The van der Waals surface area contributed by atoms with Crippen LogP contribution in [0, 0.1) is 0 Å². The van der Waals surface area contributed by atoms with Gasteiger partial charge in [-0.15, -0.1) is 0 Å². The van der Waals surface area contributed by atoms with E-state index in [0.717, 1.165) is 30.1 Å². The van der Waals surface area contributed by atoms with Crippen LogP contribution in [0.5, 0.6) is 5.75 Å². The molecule has 1 atom stereocenters. The summed E-state index contributed by atoms with van der Waals surface area (Å²) < 4.78 is 5.89. The second-order valence-corrected chi connectivity index (χ2v) is 6.12. The maximum atomic E-state index is 12.6. The lowest BCUT2D eigenvalue weighted by Gasteiger charge is -2.23. The standard InChI is InChI=1S/C19H24N4O2/c1-3-22(2)18-9-5-4-8-17(18)21-19(24)23-12-10-16(14-23)25-15-7-6-11-20-13-15/h4-9,11,13,16H,3,10,12,14H2,1-2H3,(H,21,24)/t16-/m0/s1. The predicted molar refractivity (Wildman–Crippen MR) is 99.2 cm³/mol. The van der Waals surface area contributed by atoms with Gasteiger partial charge in [-0.05, 0) is 31.2 Å². The number of anilines is 2. The normalized spacial score (nSPS) is 16.6. The summed E-state index contributed by atoms with van der Waals surface area (Å²) in [6.07, 6.45) is 4.23. The molecule has 2 amide bonds. The van der Waals surface area contributed by atoms with Gasteiger partial charge in [0.25, 0.3) is 0 Å². The van der Waals surface area contributed by atoms with Crippen LogP contribution in [0.15, 0.2) is 48.8 Å². The maximum Gasteiger partial charge on any atom is 0.322 e. The first kappa shape index (κ1) is 17.1. The van der Waals surface area contributed by atoms with Gasteiger partial charge in [-0.2, -0.15) is 0 Å². The van der Waals surface area contributed by atoms with Crippen LogP contribution in [0.3, 0.4) is 0 Å². The van der Waals surface area contributed by atoms with E-state index in [2.05, 4.69) is 22.1 Å². The molecule has 25 heavy (non-hydrogen) atoms. The summed E-state index contributed by atoms with van der Waals surface area (Å²) in [7, 11) is 2.01. The number of nitrogens with one attached hydrogen (secondary N) is 1. The van der Waals surface area contributed by atoms with Crippen LogP contribution in [-0.4, -0.2) is 48.7 Å². The highest BCUT2D eigenvalue weighted by Crippen LogP contribution is 2.25. The Balaban J connectivity index is 1.60. The van der Waals surface area contributed by atoms with Crippen LogP contribution >= 0.6 is 0 Å². The first-order valence-electron chi connectivity index (χ1n) is 8.60. The summed E-state index contributed by atoms with van der Waals surface area (Å²) in [5.74, 6) is 0.740. The number of amides is 2. The molecule has 1 fully saturated rings. The van der Waals surface area contributed by atoms with Gasteiger partial charge >= 0.3 is 6.03 Å². The maximum absolute atomic E-state index is 12.6. The molecule has 0 aliphatic carbocycles. The molecule has 132 valence electrons. The lowest BCUT2D eigenvalue weighted by molar-refractivity contribution is 0.194. The molecule has 0 radical (unpaired) electrons. The molecule has 1 aromatic carbocycles. The van der Waals surface area contributed by atoms with E-state index >= 15 is 0 Å². The van der Waals surface area contributed by atoms with E-state index in [0.29, 0.717) is 13.1 Å². The van der Waals surface area contributed by atoms with Gasteiger partial charge in [0.2, 0.25) is 0 Å². The van der Waals surface area contributed by atoms with E-state index in [1.54, 1.807) is 17.3 Å². The van der Waals surface area contributed by atoms with E-state index < -0.39 is 0 Å². The fraction of sp³-hybridized carbons (Fsp3) is 0.368. The van der Waals surface area contributed by atoms with Gasteiger partial charge in [-0.1, -0.05) is 12.1 Å². The molecule has 1 aromatic heterocycles. The smallest absolute Gasteiger partial charge is 0.322 e. The quantitative estimate of drug-likeness (QED) is 0.908. The van der Waals surface area contributed by atoms with Gasteiger partial charge in [-0.3, -0.25) is 4.98 Å². The van der Waals surface area contributed by atoms with Gasteiger partial charge in [0, 0.05) is 32.8 Å². The predicted octanol–water partition coefficient (Wildman–Crippen LogP) is 3.22. The molecule has 1 aliphatic heterocycles. The number of rotatable bonds is 5. The lowest BCUT2D eigenvalue weighted by atomic mass is 10.2. The second kappa shape index (κ2) is 7.88. The highest BCUT2D eigenvalue weighted by molar-refractivity contribution is 5.93. The Morgan fingerprint density at radius 3 is 2.96 bits per heavy atom. The zero-order valence-corrected chi connectivity index (χ0v) is 14.7. The van der Waals surface area contributed by atoms with Crippen LogP contribution in [0.2, 0.25) is 0 Å². The summed E-state index contributed by atoms with van der Waals surface area (Å²) in [4.78, 5) is 20.6. The summed E-state index contributed by atoms with van der Waals surface area (Å²) in [6.45, 7) is 4.21. The Kier molecular flexibility index (Phi) is 5.38. The van der Waals surface area contributed by atoms with Crippen LogP contribution in [0.4, 0.5) is 16.2 Å². The number of para-hydroxylation sites is 2. The van der Waals surface area contributed by atoms with Crippen LogP contribution in [-0.2, 0) is 0 Å². The number of ether oxygens (including phenoxy) is 1. The Morgan fingerprint density at radius 1 is 1.36 bits per heavy atom. The van der Waals surface area contributed by atoms with Crippen molar-refractivity contribution in [1.82, 2.24) is 9.88 Å². The summed E-state index contributed by atoms with van der Waals surface area (Å²) in [6, 6.07) is 11.5. The number of nitrogens with zero attached hydrogens (tertiary/aromatic N) is 3. The fourth-order valence-corrected chi connectivity index (χ4v) is 2.89. The Morgan fingerprint density at radius 2 is 2.20 bits per heavy atom. The summed E-state index contributed by atoms with van der Waals surface area (Å²) >= 11 is 0. The van der Waals surface area contributed by atoms with Crippen molar-refractivity contribution in [2.75, 3.05) is 36.9 Å². The molecule has 6 nitrogen and oxygen atoms in total. The number of urea groups is 1. The molecule has 0 saturated carbocycles. The largest absolute Gasteiger partial charge is 0.487 e. The molecular weight excluding hydrogens is 316 g/mol. The van der Waals surface area contributed by atoms with E-state index in [-0.39, 0.29) is 12.1 Å². The van der Waals surface area contributed by atoms with Crippen LogP contribution in [0.25, 0.3) is 0 Å². The minimum absolute atomic E-state index is 0.00325. The molecule has 0 unspecified atom stereocenters. The number of likely N-dealkylation sites (tertiary alicyclic amines) is 1. The number of hydrogen-bond acceptors (Lipinski definition) is 4. The average Bonchev–Trinajstić information content (AvgIpc) is 3.11. The molecular formula is C19H24N4O2. The van der Waals surface area contributed by atoms with Gasteiger partial charge in [0.1, 0.15) is 11.9 Å². The Hall–Kier alpha value is -2.76. The van der Waals surface area contributed by atoms with E-state index in [1.165, 1.54) is 0 Å². The third kappa shape index (κ3) is 4.21. The van der Waals surface area contributed by atoms with Gasteiger partial charge < -0.3 is 19.9 Å². The number of hydrogen-bond donors (Lipinski definition) is 1. The van der Waals surface area contributed by atoms with Gasteiger partial charge in [-0.25, -0.2) is 4.79 Å². The fourth-order valence-electron chi connectivity index (χ4n) is 2.89. The summed E-state index contributed by atoms with van der Waals surface area (Å²) in [5, 5.41) is 3.03. The topological polar surface area (TPSA) is 57.7 Å². The minimum Gasteiger partial charge on any atom is -0.487 e. The Bertz CT molecular complexity index is 708. The van der Waals surface area contributed by atoms with Crippen molar-refractivity contribution in [3.8, 4) is 5.75 Å². The molecule has 0 bridgehead atoms. The third-order valence-corrected chi connectivity index (χ3v) is 4.40. The van der Waals surface area contributed by atoms with Crippen molar-refractivity contribution < 1.29 is 9.53 Å². The minimum atomic E-state index is -0.0887. The zero-order valence-electron chi connectivity index (χ0n) is 14.7. The molecule has 1 N–H and O–H groups in total. The number of aromatic nitrogens is 1. The van der Waals surface area contributed by atoms with Gasteiger partial charge in [0.05, 0.1) is 24.1 Å². The molecule has 2 aromatic rings. The van der Waals surface area contributed by atoms with Crippen LogP contribution in [0.1, 0.15) is 13.3 Å². The molecule has 1 aliphatic rings. The zero-order chi connectivity index (χ0) is 17.6. The molecule has 0 spiro atoms. The van der Waals surface area contributed by atoms with E-state index in [9.17, 15) is 4.79 Å². The number of pyridine rings is 1. The van der Waals surface area contributed by atoms with E-state index in [4.69, 9.17) is 4.74 Å². The monoisotopic (exact) mass is 340 g/mol. The molecule has 1 saturated heterocycles. The number of carbonyl (C=O) groups is 1. The van der Waals surface area contributed by atoms with E-state index in [1.807, 2.05) is 43.4 Å². The van der Waals surface area contributed by atoms with Crippen LogP contribution < -0.4 is 15.0 Å². The highest BCUT2D eigenvalue weighted by Gasteiger charge is 2.28. The van der Waals surface area contributed by atoms with Crippen molar-refractivity contribution in [3.63, 3.8) is 0 Å². The van der Waals surface area contributed by atoms with Gasteiger partial charge in [0.15, 0.2) is 0 Å². The molecule has 2 heterocycles. The van der Waals surface area contributed by atoms with Crippen molar-refractivity contribution in [2.24, 2.45) is 0 Å². The first-order valence-corrected chi connectivity index (χ1v) is 8.60. The number of benzene rings is 1. The summed E-state index contributed by atoms with van der Waals surface area (Å²) in [5.41, 5.74) is 1.84. The van der Waals surface area contributed by atoms with Crippen molar-refractivity contribution in [3.05, 3.63) is 48.8 Å². The average molecular weight is 340 g/mol. The lowest BCUT2D eigenvalue weighted by Crippen LogP contribution is -2.35.